The summed E-state index contributed by atoms with van der Waals surface area (Å²) in [5.41, 5.74) is 0. The maximum Gasteiger partial charge on any atom is 0.106 e. The molecule has 3 aliphatic rings. The molecule has 2 heteroatoms. The van der Waals surface area contributed by atoms with Crippen molar-refractivity contribution < 1.29 is 8.78 Å². The van der Waals surface area contributed by atoms with E-state index in [9.17, 15) is 8.78 Å². The highest BCUT2D eigenvalue weighted by molar-refractivity contribution is 4.92. The minimum atomic E-state index is -0.923. The topological polar surface area (TPSA) is 0 Å². The molecule has 0 heterocycles. The Balaban J connectivity index is 1.54. The lowest BCUT2D eigenvalue weighted by Gasteiger charge is -2.45. The van der Waals surface area contributed by atoms with E-state index in [-0.39, 0.29) is 5.92 Å². The summed E-state index contributed by atoms with van der Waals surface area (Å²) in [5.74, 6) is 3.87. The molecule has 0 amide bonds. The lowest BCUT2D eigenvalue weighted by molar-refractivity contribution is 0.000838. The van der Waals surface area contributed by atoms with E-state index >= 15 is 0 Å². The first-order valence-corrected chi connectivity index (χ1v) is 10.2. The van der Waals surface area contributed by atoms with Crippen LogP contribution in [0.1, 0.15) is 78.6 Å². The van der Waals surface area contributed by atoms with Crippen LogP contribution in [-0.2, 0) is 0 Å². The fraction of sp³-hybridized carbons (Fsp3) is 1.00. The van der Waals surface area contributed by atoms with E-state index in [4.69, 9.17) is 0 Å². The number of alkyl halides is 2. The minimum Gasteiger partial charge on any atom is -0.247 e. The predicted molar refractivity (Wildman–Crippen MR) is 92.8 cm³/mol. The minimum absolute atomic E-state index is 0.290. The second-order valence-corrected chi connectivity index (χ2v) is 9.36. The molecule has 0 aromatic carbocycles. The van der Waals surface area contributed by atoms with Crippen molar-refractivity contribution in [3.8, 4) is 0 Å². The van der Waals surface area contributed by atoms with Crippen molar-refractivity contribution in [1.29, 1.82) is 0 Å². The van der Waals surface area contributed by atoms with Crippen LogP contribution in [0.4, 0.5) is 8.78 Å². The van der Waals surface area contributed by atoms with Crippen LogP contribution in [0.5, 0.6) is 0 Å². The Morgan fingerprint density at radius 1 is 0.609 bits per heavy atom. The summed E-state index contributed by atoms with van der Waals surface area (Å²) >= 11 is 0. The van der Waals surface area contributed by atoms with Gasteiger partial charge in [0.15, 0.2) is 0 Å². The maximum absolute atomic E-state index is 14.1. The van der Waals surface area contributed by atoms with E-state index in [0.29, 0.717) is 30.6 Å². The van der Waals surface area contributed by atoms with Gasteiger partial charge in [0.05, 0.1) is 0 Å². The van der Waals surface area contributed by atoms with E-state index in [1.807, 2.05) is 0 Å². The van der Waals surface area contributed by atoms with Crippen LogP contribution in [0.25, 0.3) is 0 Å². The van der Waals surface area contributed by atoms with Crippen molar-refractivity contribution in [3.05, 3.63) is 0 Å². The van der Waals surface area contributed by atoms with Crippen LogP contribution in [0.2, 0.25) is 0 Å². The third kappa shape index (κ3) is 3.93. The normalized spacial score (nSPS) is 52.3. The summed E-state index contributed by atoms with van der Waals surface area (Å²) in [7, 11) is 0. The van der Waals surface area contributed by atoms with Crippen molar-refractivity contribution in [1.82, 2.24) is 0 Å². The van der Waals surface area contributed by atoms with Crippen LogP contribution < -0.4 is 0 Å². The summed E-state index contributed by atoms with van der Waals surface area (Å²) in [6.07, 6.45) is 8.88. The smallest absolute Gasteiger partial charge is 0.106 e. The van der Waals surface area contributed by atoms with Crippen molar-refractivity contribution >= 4 is 0 Å². The largest absolute Gasteiger partial charge is 0.247 e. The zero-order valence-electron chi connectivity index (χ0n) is 15.3. The Hall–Kier alpha value is -0.140. The number of hydrogen-bond donors (Lipinski definition) is 0. The highest BCUT2D eigenvalue weighted by Gasteiger charge is 2.42. The van der Waals surface area contributed by atoms with Crippen LogP contribution in [0.15, 0.2) is 0 Å². The molecule has 0 bridgehead atoms. The molecule has 0 nitrogen and oxygen atoms in total. The van der Waals surface area contributed by atoms with Gasteiger partial charge in [0, 0.05) is 5.92 Å². The first-order valence-electron chi connectivity index (χ1n) is 10.2. The lowest BCUT2D eigenvalue weighted by atomic mass is 9.61. The molecule has 0 saturated heterocycles. The van der Waals surface area contributed by atoms with E-state index in [1.165, 1.54) is 44.9 Å². The summed E-state index contributed by atoms with van der Waals surface area (Å²) in [6.45, 7) is 6.50. The molecule has 0 aromatic rings. The summed E-state index contributed by atoms with van der Waals surface area (Å²) in [4.78, 5) is 0. The third-order valence-electron chi connectivity index (χ3n) is 7.81. The van der Waals surface area contributed by atoms with Crippen molar-refractivity contribution in [3.63, 3.8) is 0 Å². The molecule has 3 saturated carbocycles. The summed E-state index contributed by atoms with van der Waals surface area (Å²) in [6, 6.07) is 0. The van der Waals surface area contributed by atoms with Gasteiger partial charge in [-0.3, -0.25) is 0 Å². The van der Waals surface area contributed by atoms with E-state index < -0.39 is 12.3 Å². The van der Waals surface area contributed by atoms with E-state index in [2.05, 4.69) is 13.8 Å². The first kappa shape index (κ1) is 17.7. The number of rotatable bonds is 2. The third-order valence-corrected chi connectivity index (χ3v) is 7.81. The van der Waals surface area contributed by atoms with Crippen LogP contribution in [-0.4, -0.2) is 12.3 Å². The van der Waals surface area contributed by atoms with Gasteiger partial charge >= 0.3 is 0 Å². The van der Waals surface area contributed by atoms with Crippen molar-refractivity contribution in [2.75, 3.05) is 0 Å². The molecular weight excluding hydrogens is 290 g/mol. The average Bonchev–Trinajstić information content (AvgIpc) is 2.53. The first-order chi connectivity index (χ1) is 11.0. The molecular formula is C21H36F2. The Morgan fingerprint density at radius 3 is 1.74 bits per heavy atom. The fourth-order valence-corrected chi connectivity index (χ4v) is 6.03. The zero-order chi connectivity index (χ0) is 16.6. The Labute approximate surface area is 141 Å². The van der Waals surface area contributed by atoms with Gasteiger partial charge in [0.2, 0.25) is 0 Å². The zero-order valence-corrected chi connectivity index (χ0v) is 15.3. The molecule has 0 spiro atoms. The van der Waals surface area contributed by atoms with Gasteiger partial charge < -0.3 is 0 Å². The van der Waals surface area contributed by atoms with Gasteiger partial charge in [-0.15, -0.1) is 0 Å². The standard InChI is InChI=1S/C21H36F2/c1-13-4-6-16(7-5-13)17-8-9-19(14(2)10-17)18-11-20(22)15(3)21(23)12-18/h13-21H,4-12H2,1-3H3. The highest BCUT2D eigenvalue weighted by atomic mass is 19.1. The molecule has 3 rings (SSSR count). The Bertz CT molecular complexity index is 362. The van der Waals surface area contributed by atoms with Gasteiger partial charge in [0.1, 0.15) is 12.3 Å². The molecule has 0 aliphatic heterocycles. The molecule has 0 radical (unpaired) electrons. The number of hydrogen-bond acceptors (Lipinski definition) is 0. The Kier molecular flexibility index (Phi) is 5.68. The van der Waals surface area contributed by atoms with Gasteiger partial charge in [-0.2, -0.15) is 0 Å². The second-order valence-electron chi connectivity index (χ2n) is 9.36. The molecule has 5 unspecified atom stereocenters. The van der Waals surface area contributed by atoms with Gasteiger partial charge in [-0.25, -0.2) is 8.78 Å². The molecule has 3 fully saturated rings. The van der Waals surface area contributed by atoms with Gasteiger partial charge in [0.25, 0.3) is 0 Å². The average molecular weight is 327 g/mol. The van der Waals surface area contributed by atoms with Gasteiger partial charge in [-0.1, -0.05) is 33.6 Å². The molecule has 0 aromatic heterocycles. The highest BCUT2D eigenvalue weighted by Crippen LogP contribution is 2.48. The molecule has 5 atom stereocenters. The predicted octanol–water partition coefficient (Wildman–Crippen LogP) is 6.59. The molecule has 3 aliphatic carbocycles. The molecule has 0 N–H and O–H groups in total. The Morgan fingerprint density at radius 2 is 1.17 bits per heavy atom. The van der Waals surface area contributed by atoms with E-state index in [0.717, 1.165) is 17.8 Å². The van der Waals surface area contributed by atoms with Gasteiger partial charge in [-0.05, 0) is 80.5 Å². The van der Waals surface area contributed by atoms with Crippen LogP contribution in [0, 0.1) is 41.4 Å². The number of halogens is 2. The molecule has 134 valence electrons. The SMILES string of the molecule is CC1CCC(C2CCC(C3CC(F)C(C)C(F)C3)C(C)C2)CC1. The summed E-state index contributed by atoms with van der Waals surface area (Å²) < 4.78 is 28.2. The lowest BCUT2D eigenvalue weighted by Crippen LogP contribution is -2.40. The summed E-state index contributed by atoms with van der Waals surface area (Å²) in [5, 5.41) is 0. The van der Waals surface area contributed by atoms with Crippen molar-refractivity contribution in [2.45, 2.75) is 90.9 Å². The fourth-order valence-electron chi connectivity index (χ4n) is 6.03. The maximum atomic E-state index is 14.1. The van der Waals surface area contributed by atoms with Crippen LogP contribution >= 0.6 is 0 Å². The van der Waals surface area contributed by atoms with Crippen molar-refractivity contribution in [2.24, 2.45) is 41.4 Å². The van der Waals surface area contributed by atoms with E-state index in [1.54, 1.807) is 6.92 Å². The van der Waals surface area contributed by atoms with Crippen LogP contribution in [0.3, 0.4) is 0 Å². The quantitative estimate of drug-likeness (QED) is 0.537. The monoisotopic (exact) mass is 326 g/mol. The second kappa shape index (κ2) is 7.40. The molecule has 23 heavy (non-hydrogen) atoms.